The number of pyridine rings is 1. The van der Waals surface area contributed by atoms with Gasteiger partial charge in [0, 0.05) is 25.3 Å². The number of aromatic nitrogens is 3. The van der Waals surface area contributed by atoms with Gasteiger partial charge in [0.25, 0.3) is 5.91 Å². The third-order valence-electron chi connectivity index (χ3n) is 5.37. The molecule has 0 spiro atoms. The number of hydrogen-bond acceptors (Lipinski definition) is 4. The predicted molar refractivity (Wildman–Crippen MR) is 106 cm³/mol. The third kappa shape index (κ3) is 2.87. The number of fused-ring (bicyclic) bond motifs is 1. The number of piperidine rings is 1. The lowest BCUT2D eigenvalue weighted by atomic mass is 10.0. The first kappa shape index (κ1) is 16.7. The van der Waals surface area contributed by atoms with Crippen LogP contribution in [0.4, 0.5) is 0 Å². The van der Waals surface area contributed by atoms with Crippen LogP contribution in [0.1, 0.15) is 29.2 Å². The van der Waals surface area contributed by atoms with Gasteiger partial charge < -0.3 is 13.9 Å². The lowest BCUT2D eigenvalue weighted by molar-refractivity contribution is 0.0696. The molecule has 3 aromatic heterocycles. The van der Waals surface area contributed by atoms with Gasteiger partial charge >= 0.3 is 0 Å². The van der Waals surface area contributed by atoms with Crippen molar-refractivity contribution in [1.29, 1.82) is 0 Å². The minimum Gasteiger partial charge on any atom is -0.472 e. The number of nitrogens with zero attached hydrogens (tertiary/aromatic N) is 4. The summed E-state index contributed by atoms with van der Waals surface area (Å²) in [6.07, 6.45) is 6.60. The van der Waals surface area contributed by atoms with Crippen LogP contribution in [-0.2, 0) is 0 Å². The average molecular weight is 372 g/mol. The molecule has 1 aromatic carbocycles. The van der Waals surface area contributed by atoms with Crippen LogP contribution in [0.3, 0.4) is 0 Å². The molecule has 5 rings (SSSR count). The van der Waals surface area contributed by atoms with Crippen molar-refractivity contribution in [2.24, 2.45) is 0 Å². The topological polar surface area (TPSA) is 64.2 Å². The molecule has 4 aromatic rings. The molecule has 0 radical (unpaired) electrons. The highest BCUT2D eigenvalue weighted by molar-refractivity contribution is 5.93. The van der Waals surface area contributed by atoms with Crippen molar-refractivity contribution in [3.8, 4) is 11.5 Å². The average Bonchev–Trinajstić information content (AvgIpc) is 3.42. The summed E-state index contributed by atoms with van der Waals surface area (Å²) in [5.74, 6) is 0.925. The summed E-state index contributed by atoms with van der Waals surface area (Å²) >= 11 is 0. The fourth-order valence-electron chi connectivity index (χ4n) is 3.99. The van der Waals surface area contributed by atoms with Crippen molar-refractivity contribution < 1.29 is 9.21 Å². The van der Waals surface area contributed by atoms with Crippen LogP contribution >= 0.6 is 0 Å². The van der Waals surface area contributed by atoms with Crippen LogP contribution in [0.5, 0.6) is 0 Å². The molecule has 1 aliphatic rings. The minimum atomic E-state index is 0.0349. The van der Waals surface area contributed by atoms with Crippen LogP contribution in [0, 0.1) is 0 Å². The smallest absolute Gasteiger partial charge is 0.257 e. The van der Waals surface area contributed by atoms with Gasteiger partial charge in [-0.2, -0.15) is 0 Å². The van der Waals surface area contributed by atoms with E-state index in [2.05, 4.69) is 15.6 Å². The van der Waals surface area contributed by atoms with Gasteiger partial charge in [-0.1, -0.05) is 18.2 Å². The van der Waals surface area contributed by atoms with E-state index < -0.39 is 0 Å². The molecule has 0 bridgehead atoms. The number of likely N-dealkylation sites (tertiary alicyclic amines) is 1. The summed E-state index contributed by atoms with van der Waals surface area (Å²) in [5, 5.41) is 0. The summed E-state index contributed by atoms with van der Waals surface area (Å²) in [5.41, 5.74) is 3.57. The first-order valence-electron chi connectivity index (χ1n) is 9.51. The molecule has 6 heteroatoms. The Balaban J connectivity index is 1.46. The zero-order chi connectivity index (χ0) is 18.9. The second-order valence-corrected chi connectivity index (χ2v) is 7.04. The maximum atomic E-state index is 12.6. The van der Waals surface area contributed by atoms with Gasteiger partial charge in [-0.3, -0.25) is 9.78 Å². The number of hydrogen-bond donors (Lipinski definition) is 0. The van der Waals surface area contributed by atoms with E-state index in [9.17, 15) is 4.79 Å². The van der Waals surface area contributed by atoms with Crippen molar-refractivity contribution >= 4 is 16.9 Å². The van der Waals surface area contributed by atoms with Crippen LogP contribution in [0.15, 0.2) is 71.7 Å². The second-order valence-electron chi connectivity index (χ2n) is 7.04. The number of imidazole rings is 1. The van der Waals surface area contributed by atoms with Gasteiger partial charge in [-0.05, 0) is 43.2 Å². The Morgan fingerprint density at radius 3 is 2.61 bits per heavy atom. The lowest BCUT2D eigenvalue weighted by Crippen LogP contribution is -2.39. The van der Waals surface area contributed by atoms with E-state index in [0.29, 0.717) is 18.7 Å². The molecule has 0 aliphatic carbocycles. The predicted octanol–water partition coefficient (Wildman–Crippen LogP) is 4.17. The number of rotatable bonds is 3. The Morgan fingerprint density at radius 1 is 1.04 bits per heavy atom. The molecule has 1 amide bonds. The molecule has 4 heterocycles. The van der Waals surface area contributed by atoms with E-state index in [1.54, 1.807) is 12.3 Å². The Bertz CT molecular complexity index is 1090. The Hall–Kier alpha value is -3.41. The highest BCUT2D eigenvalue weighted by Crippen LogP contribution is 2.33. The summed E-state index contributed by atoms with van der Waals surface area (Å²) in [6.45, 7) is 1.42. The molecule has 140 valence electrons. The Labute approximate surface area is 162 Å². The van der Waals surface area contributed by atoms with E-state index in [4.69, 9.17) is 9.40 Å². The molecule has 6 nitrogen and oxygen atoms in total. The molecule has 1 saturated heterocycles. The second kappa shape index (κ2) is 6.96. The molecule has 28 heavy (non-hydrogen) atoms. The van der Waals surface area contributed by atoms with Crippen molar-refractivity contribution in [3.63, 3.8) is 0 Å². The van der Waals surface area contributed by atoms with Crippen molar-refractivity contribution in [2.45, 2.75) is 18.9 Å². The molecule has 0 N–H and O–H groups in total. The Morgan fingerprint density at radius 2 is 1.86 bits per heavy atom. The number of amides is 1. The maximum Gasteiger partial charge on any atom is 0.257 e. The number of para-hydroxylation sites is 2. The van der Waals surface area contributed by atoms with E-state index in [1.807, 2.05) is 41.3 Å². The molecule has 0 atom stereocenters. The van der Waals surface area contributed by atoms with Crippen molar-refractivity contribution in [3.05, 3.63) is 72.8 Å². The van der Waals surface area contributed by atoms with Crippen molar-refractivity contribution in [1.82, 2.24) is 19.4 Å². The number of furan rings is 1. The summed E-state index contributed by atoms with van der Waals surface area (Å²) in [7, 11) is 0. The van der Waals surface area contributed by atoms with Gasteiger partial charge in [0.1, 0.15) is 12.0 Å². The first-order chi connectivity index (χ1) is 13.8. The van der Waals surface area contributed by atoms with E-state index >= 15 is 0 Å². The zero-order valence-corrected chi connectivity index (χ0v) is 15.4. The quantitative estimate of drug-likeness (QED) is 0.541. The minimum absolute atomic E-state index is 0.0349. The molecule has 1 fully saturated rings. The molecular weight excluding hydrogens is 352 g/mol. The van der Waals surface area contributed by atoms with E-state index in [-0.39, 0.29) is 11.9 Å². The maximum absolute atomic E-state index is 12.6. The summed E-state index contributed by atoms with van der Waals surface area (Å²) in [6, 6.07) is 16.1. The Kier molecular flexibility index (Phi) is 4.16. The number of carbonyl (C=O) groups is 1. The van der Waals surface area contributed by atoms with Gasteiger partial charge in [0.05, 0.1) is 22.9 Å². The molecule has 0 saturated carbocycles. The van der Waals surface area contributed by atoms with Gasteiger partial charge in [-0.15, -0.1) is 0 Å². The molecule has 1 aliphatic heterocycles. The number of carbonyl (C=O) groups excluding carboxylic acids is 1. The van der Waals surface area contributed by atoms with Crippen molar-refractivity contribution in [2.75, 3.05) is 13.1 Å². The van der Waals surface area contributed by atoms with Crippen LogP contribution < -0.4 is 0 Å². The first-order valence-corrected chi connectivity index (χ1v) is 9.51. The summed E-state index contributed by atoms with van der Waals surface area (Å²) in [4.78, 5) is 23.9. The fourth-order valence-corrected chi connectivity index (χ4v) is 3.99. The largest absolute Gasteiger partial charge is 0.472 e. The van der Waals surface area contributed by atoms with Gasteiger partial charge in [0.2, 0.25) is 0 Å². The number of benzene rings is 1. The van der Waals surface area contributed by atoms with E-state index in [1.165, 1.54) is 12.5 Å². The highest BCUT2D eigenvalue weighted by atomic mass is 16.3. The molecular formula is C22H20N4O2. The van der Waals surface area contributed by atoms with Crippen LogP contribution in [0.2, 0.25) is 0 Å². The van der Waals surface area contributed by atoms with Gasteiger partial charge in [-0.25, -0.2) is 4.98 Å². The normalized spacial score (nSPS) is 15.2. The SMILES string of the molecule is O=C(c1ccoc1)N1CCC(n2c(-c3ccccn3)nc3ccccc32)CC1. The lowest BCUT2D eigenvalue weighted by Gasteiger charge is -2.33. The van der Waals surface area contributed by atoms with Crippen LogP contribution in [-0.4, -0.2) is 38.4 Å². The molecule has 0 unspecified atom stereocenters. The standard InChI is InChI=1S/C22H20N4O2/c27-22(16-10-14-28-15-16)25-12-8-17(9-13-25)26-20-7-2-1-5-18(20)24-21(26)19-6-3-4-11-23-19/h1-7,10-11,14-15,17H,8-9,12-13H2. The zero-order valence-electron chi connectivity index (χ0n) is 15.4. The fraction of sp³-hybridized carbons (Fsp3) is 0.227. The summed E-state index contributed by atoms with van der Waals surface area (Å²) < 4.78 is 7.36. The van der Waals surface area contributed by atoms with Crippen LogP contribution in [0.25, 0.3) is 22.6 Å². The highest BCUT2D eigenvalue weighted by Gasteiger charge is 2.28. The third-order valence-corrected chi connectivity index (χ3v) is 5.37. The van der Waals surface area contributed by atoms with Gasteiger partial charge in [0.15, 0.2) is 5.82 Å². The monoisotopic (exact) mass is 372 g/mol. The van der Waals surface area contributed by atoms with E-state index in [0.717, 1.165) is 35.4 Å².